The molecule has 0 aliphatic heterocycles. The van der Waals surface area contributed by atoms with E-state index in [1.807, 2.05) is 38.1 Å². The number of Topliss-reactive ketones (excluding diaryl/α,β-unsaturated/α-hetero) is 2. The Balaban J connectivity index is 2.32. The maximum atomic E-state index is 12.8. The predicted octanol–water partition coefficient (Wildman–Crippen LogP) is 7.45. The Morgan fingerprint density at radius 2 is 1.76 bits per heavy atom. The number of hydrogen-bond acceptors (Lipinski definition) is 4. The first-order valence-corrected chi connectivity index (χ1v) is 12.9. The SMILES string of the molecule is C=Cc1ccc(C(=O)C(C)OCCCCCC(=O)C(C)(CC)OCC(CC)CCCC)cc1. The summed E-state index contributed by atoms with van der Waals surface area (Å²) in [4.78, 5) is 25.3. The summed E-state index contributed by atoms with van der Waals surface area (Å²) < 4.78 is 11.9. The molecule has 3 unspecified atom stereocenters. The minimum Gasteiger partial charge on any atom is -0.370 e. The molecular formula is C29H46O4. The third-order valence-electron chi connectivity index (χ3n) is 6.66. The molecule has 0 spiro atoms. The van der Waals surface area contributed by atoms with Crippen molar-refractivity contribution < 1.29 is 19.1 Å². The third-order valence-corrected chi connectivity index (χ3v) is 6.66. The standard InChI is InChI=1S/C29H46O4/c1-7-11-15-25(9-3)22-33-29(6,10-4)27(30)16-13-12-14-21-32-23(5)28(31)26-19-17-24(8-2)18-20-26/h8,17-20,23,25H,2,7,9-16,21-22H2,1,3-6H3. The van der Waals surface area contributed by atoms with Gasteiger partial charge in [-0.1, -0.05) is 83.4 Å². The molecule has 0 radical (unpaired) electrons. The van der Waals surface area contributed by atoms with Gasteiger partial charge in [0.25, 0.3) is 0 Å². The Kier molecular flexibility index (Phi) is 14.1. The second kappa shape index (κ2) is 16.0. The number of ether oxygens (including phenoxy) is 2. The molecule has 1 aromatic rings. The highest BCUT2D eigenvalue weighted by Gasteiger charge is 2.32. The molecular weight excluding hydrogens is 412 g/mol. The lowest BCUT2D eigenvalue weighted by atomic mass is 9.92. The summed E-state index contributed by atoms with van der Waals surface area (Å²) in [5.74, 6) is 0.717. The molecule has 1 aromatic carbocycles. The quantitative estimate of drug-likeness (QED) is 0.160. The Labute approximate surface area is 202 Å². The average Bonchev–Trinajstić information content (AvgIpc) is 2.85. The zero-order valence-electron chi connectivity index (χ0n) is 21.7. The van der Waals surface area contributed by atoms with Gasteiger partial charge in [-0.25, -0.2) is 0 Å². The predicted molar refractivity (Wildman–Crippen MR) is 138 cm³/mol. The number of ketones is 2. The fraction of sp³-hybridized carbons (Fsp3) is 0.655. The van der Waals surface area contributed by atoms with Crippen molar-refractivity contribution >= 4 is 17.6 Å². The van der Waals surface area contributed by atoms with Crippen molar-refractivity contribution in [1.29, 1.82) is 0 Å². The van der Waals surface area contributed by atoms with E-state index in [1.54, 1.807) is 13.0 Å². The normalized spacial score (nSPS) is 14.9. The van der Waals surface area contributed by atoms with Crippen LogP contribution >= 0.6 is 0 Å². The van der Waals surface area contributed by atoms with Crippen molar-refractivity contribution in [3.05, 3.63) is 42.0 Å². The van der Waals surface area contributed by atoms with E-state index < -0.39 is 11.7 Å². The number of benzene rings is 1. The van der Waals surface area contributed by atoms with Gasteiger partial charge in [-0.3, -0.25) is 9.59 Å². The van der Waals surface area contributed by atoms with E-state index >= 15 is 0 Å². The van der Waals surface area contributed by atoms with Crippen molar-refractivity contribution in [2.75, 3.05) is 13.2 Å². The van der Waals surface area contributed by atoms with Crippen LogP contribution < -0.4 is 0 Å². The summed E-state index contributed by atoms with van der Waals surface area (Å²) in [7, 11) is 0. The summed E-state index contributed by atoms with van der Waals surface area (Å²) in [5.41, 5.74) is 0.955. The Bertz CT molecular complexity index is 709. The maximum absolute atomic E-state index is 12.8. The first kappa shape index (κ1) is 29.3. The van der Waals surface area contributed by atoms with E-state index in [0.29, 0.717) is 37.5 Å². The van der Waals surface area contributed by atoms with Crippen LogP contribution in [0.4, 0.5) is 0 Å². The molecule has 4 nitrogen and oxygen atoms in total. The second-order valence-corrected chi connectivity index (χ2v) is 9.25. The molecule has 0 heterocycles. The van der Waals surface area contributed by atoms with Crippen molar-refractivity contribution in [2.45, 2.75) is 104 Å². The van der Waals surface area contributed by atoms with Gasteiger partial charge < -0.3 is 9.47 Å². The summed E-state index contributed by atoms with van der Waals surface area (Å²) in [6.45, 7) is 15.1. The zero-order chi connectivity index (χ0) is 24.7. The Hall–Kier alpha value is -1.78. The van der Waals surface area contributed by atoms with Gasteiger partial charge in [-0.15, -0.1) is 0 Å². The van der Waals surface area contributed by atoms with Gasteiger partial charge in [0.15, 0.2) is 11.6 Å². The molecule has 0 saturated carbocycles. The fourth-order valence-electron chi connectivity index (χ4n) is 3.76. The monoisotopic (exact) mass is 458 g/mol. The fourth-order valence-corrected chi connectivity index (χ4v) is 3.76. The minimum absolute atomic E-state index is 0.0130. The lowest BCUT2D eigenvalue weighted by Gasteiger charge is -2.29. The van der Waals surface area contributed by atoms with Crippen LogP contribution in [0, 0.1) is 5.92 Å². The Morgan fingerprint density at radius 1 is 1.06 bits per heavy atom. The molecule has 0 aliphatic rings. The first-order chi connectivity index (χ1) is 15.8. The third kappa shape index (κ3) is 10.4. The maximum Gasteiger partial charge on any atom is 0.191 e. The molecule has 0 fully saturated rings. The van der Waals surface area contributed by atoms with Crippen molar-refractivity contribution in [2.24, 2.45) is 5.92 Å². The highest BCUT2D eigenvalue weighted by Crippen LogP contribution is 2.23. The molecule has 0 saturated heterocycles. The van der Waals surface area contributed by atoms with Crippen LogP contribution in [0.15, 0.2) is 30.8 Å². The number of unbranched alkanes of at least 4 members (excludes halogenated alkanes) is 3. The van der Waals surface area contributed by atoms with Gasteiger partial charge in [-0.05, 0) is 51.0 Å². The summed E-state index contributed by atoms with van der Waals surface area (Å²) in [5, 5.41) is 0. The highest BCUT2D eigenvalue weighted by atomic mass is 16.5. The van der Waals surface area contributed by atoms with E-state index in [-0.39, 0.29) is 11.6 Å². The number of rotatable bonds is 19. The van der Waals surface area contributed by atoms with Gasteiger partial charge in [0.2, 0.25) is 0 Å². The molecule has 0 aromatic heterocycles. The van der Waals surface area contributed by atoms with Gasteiger partial charge in [-0.2, -0.15) is 0 Å². The number of hydrogen-bond donors (Lipinski definition) is 0. The number of carbonyl (C=O) groups is 2. The summed E-state index contributed by atoms with van der Waals surface area (Å²) >= 11 is 0. The van der Waals surface area contributed by atoms with Crippen LogP contribution in [0.3, 0.4) is 0 Å². The van der Waals surface area contributed by atoms with Crippen molar-refractivity contribution in [1.82, 2.24) is 0 Å². The highest BCUT2D eigenvalue weighted by molar-refractivity contribution is 5.99. The lowest BCUT2D eigenvalue weighted by molar-refractivity contribution is -0.145. The molecule has 1 rings (SSSR count). The van der Waals surface area contributed by atoms with Crippen molar-refractivity contribution in [3.63, 3.8) is 0 Å². The second-order valence-electron chi connectivity index (χ2n) is 9.25. The van der Waals surface area contributed by atoms with Crippen LogP contribution in [-0.2, 0) is 14.3 Å². The minimum atomic E-state index is -0.682. The van der Waals surface area contributed by atoms with E-state index in [4.69, 9.17) is 9.47 Å². The Morgan fingerprint density at radius 3 is 2.33 bits per heavy atom. The molecule has 0 aliphatic carbocycles. The molecule has 3 atom stereocenters. The van der Waals surface area contributed by atoms with Crippen LogP contribution in [0.2, 0.25) is 0 Å². The molecule has 0 bridgehead atoms. The van der Waals surface area contributed by atoms with Gasteiger partial charge in [0.05, 0.1) is 6.61 Å². The molecule has 33 heavy (non-hydrogen) atoms. The summed E-state index contributed by atoms with van der Waals surface area (Å²) in [6, 6.07) is 7.38. The smallest absolute Gasteiger partial charge is 0.191 e. The molecule has 0 N–H and O–H groups in total. The number of carbonyl (C=O) groups excluding carboxylic acids is 2. The lowest BCUT2D eigenvalue weighted by Crippen LogP contribution is -2.39. The van der Waals surface area contributed by atoms with E-state index in [1.165, 1.54) is 19.3 Å². The van der Waals surface area contributed by atoms with Crippen LogP contribution in [0.1, 0.15) is 108 Å². The van der Waals surface area contributed by atoms with Crippen LogP contribution in [0.5, 0.6) is 0 Å². The molecule has 186 valence electrons. The first-order valence-electron chi connectivity index (χ1n) is 12.9. The zero-order valence-corrected chi connectivity index (χ0v) is 21.7. The van der Waals surface area contributed by atoms with E-state index in [2.05, 4.69) is 20.4 Å². The van der Waals surface area contributed by atoms with E-state index in [9.17, 15) is 9.59 Å². The largest absolute Gasteiger partial charge is 0.370 e. The van der Waals surface area contributed by atoms with Gasteiger partial charge >= 0.3 is 0 Å². The van der Waals surface area contributed by atoms with Gasteiger partial charge in [0.1, 0.15) is 11.7 Å². The van der Waals surface area contributed by atoms with Gasteiger partial charge in [0, 0.05) is 18.6 Å². The van der Waals surface area contributed by atoms with Crippen LogP contribution in [-0.4, -0.2) is 36.5 Å². The van der Waals surface area contributed by atoms with Crippen molar-refractivity contribution in [3.8, 4) is 0 Å². The van der Waals surface area contributed by atoms with E-state index in [0.717, 1.165) is 31.2 Å². The average molecular weight is 459 g/mol. The summed E-state index contributed by atoms with van der Waals surface area (Å²) in [6.07, 6.45) is 9.73. The molecule has 0 amide bonds. The molecule has 4 heteroatoms. The van der Waals surface area contributed by atoms with Crippen LogP contribution in [0.25, 0.3) is 6.08 Å². The topological polar surface area (TPSA) is 52.6 Å².